The third-order valence-electron chi connectivity index (χ3n) is 4.75. The van der Waals surface area contributed by atoms with Crippen molar-refractivity contribution in [3.63, 3.8) is 0 Å². The molecule has 1 aliphatic rings. The Kier molecular flexibility index (Phi) is 5.90. The summed E-state index contributed by atoms with van der Waals surface area (Å²) < 4.78 is 37.2. The van der Waals surface area contributed by atoms with Gasteiger partial charge in [-0.25, -0.2) is 13.1 Å². The van der Waals surface area contributed by atoms with Crippen molar-refractivity contribution in [2.45, 2.75) is 24.8 Å². The molecule has 0 bridgehead atoms. The maximum absolute atomic E-state index is 12.9. The van der Waals surface area contributed by atoms with Crippen LogP contribution in [0.15, 0.2) is 41.3 Å². The summed E-state index contributed by atoms with van der Waals surface area (Å²) in [5.41, 5.74) is 2.61. The van der Waals surface area contributed by atoms with Gasteiger partial charge in [0.2, 0.25) is 10.0 Å². The highest BCUT2D eigenvalue weighted by molar-refractivity contribution is 7.89. The van der Waals surface area contributed by atoms with Crippen molar-refractivity contribution in [1.29, 1.82) is 0 Å². The third kappa shape index (κ3) is 3.98. The SMILES string of the molecule is CCNS(=O)(=O)c1ccc(C(=O)N2CCc3cc(OC)c(OC)cc3C2)cc1. The lowest BCUT2D eigenvalue weighted by Crippen LogP contribution is -2.36. The fraction of sp³-hybridized carbons (Fsp3) is 0.350. The van der Waals surface area contributed by atoms with Crippen LogP contribution in [0.5, 0.6) is 11.5 Å². The number of hydrogen-bond donors (Lipinski definition) is 1. The number of methoxy groups -OCH3 is 2. The highest BCUT2D eigenvalue weighted by atomic mass is 32.2. The molecule has 1 amide bonds. The number of carbonyl (C=O) groups is 1. The Morgan fingerprint density at radius 1 is 1.07 bits per heavy atom. The van der Waals surface area contributed by atoms with E-state index in [1.165, 1.54) is 12.1 Å². The van der Waals surface area contributed by atoms with Gasteiger partial charge in [0, 0.05) is 25.2 Å². The summed E-state index contributed by atoms with van der Waals surface area (Å²) in [4.78, 5) is 14.8. The van der Waals surface area contributed by atoms with Crippen LogP contribution in [0.25, 0.3) is 0 Å². The van der Waals surface area contributed by atoms with Crippen LogP contribution in [0.3, 0.4) is 0 Å². The predicted molar refractivity (Wildman–Crippen MR) is 105 cm³/mol. The molecule has 0 radical (unpaired) electrons. The van der Waals surface area contributed by atoms with Gasteiger partial charge in [-0.15, -0.1) is 0 Å². The van der Waals surface area contributed by atoms with E-state index in [4.69, 9.17) is 9.47 Å². The van der Waals surface area contributed by atoms with E-state index in [2.05, 4.69) is 4.72 Å². The molecule has 0 unspecified atom stereocenters. The van der Waals surface area contributed by atoms with Gasteiger partial charge in [0.05, 0.1) is 19.1 Å². The molecule has 2 aromatic carbocycles. The Bertz CT molecular complexity index is 971. The van der Waals surface area contributed by atoms with Crippen LogP contribution in [0.4, 0.5) is 0 Å². The van der Waals surface area contributed by atoms with Crippen molar-refractivity contribution in [3.05, 3.63) is 53.1 Å². The molecule has 0 aliphatic carbocycles. The quantitative estimate of drug-likeness (QED) is 0.798. The summed E-state index contributed by atoms with van der Waals surface area (Å²) in [7, 11) is -0.350. The molecule has 0 aromatic heterocycles. The predicted octanol–water partition coefficient (Wildman–Crippen LogP) is 2.20. The molecular weight excluding hydrogens is 380 g/mol. The number of carbonyl (C=O) groups excluding carboxylic acids is 1. The first-order valence-electron chi connectivity index (χ1n) is 9.02. The zero-order valence-electron chi connectivity index (χ0n) is 16.2. The van der Waals surface area contributed by atoms with Crippen LogP contribution in [-0.4, -0.2) is 46.5 Å². The fourth-order valence-electron chi connectivity index (χ4n) is 3.29. The first-order chi connectivity index (χ1) is 13.4. The maximum Gasteiger partial charge on any atom is 0.254 e. The second-order valence-electron chi connectivity index (χ2n) is 6.48. The van der Waals surface area contributed by atoms with Gasteiger partial charge in [-0.3, -0.25) is 4.79 Å². The molecule has 150 valence electrons. The topological polar surface area (TPSA) is 84.9 Å². The molecule has 0 atom stereocenters. The Morgan fingerprint density at radius 3 is 2.25 bits per heavy atom. The molecular formula is C20H24N2O5S. The number of rotatable bonds is 6. The second kappa shape index (κ2) is 8.20. The monoisotopic (exact) mass is 404 g/mol. The van der Waals surface area contributed by atoms with E-state index in [1.807, 2.05) is 12.1 Å². The van der Waals surface area contributed by atoms with Crippen molar-refractivity contribution < 1.29 is 22.7 Å². The Hall–Kier alpha value is -2.58. The summed E-state index contributed by atoms with van der Waals surface area (Å²) >= 11 is 0. The molecule has 0 spiro atoms. The average molecular weight is 404 g/mol. The lowest BCUT2D eigenvalue weighted by atomic mass is 9.98. The van der Waals surface area contributed by atoms with E-state index in [0.29, 0.717) is 43.1 Å². The fourth-order valence-corrected chi connectivity index (χ4v) is 4.33. The summed E-state index contributed by atoms with van der Waals surface area (Å²) in [6, 6.07) is 9.87. The normalized spacial score (nSPS) is 13.8. The van der Waals surface area contributed by atoms with Gasteiger partial charge >= 0.3 is 0 Å². The number of ether oxygens (including phenoxy) is 2. The van der Waals surface area contributed by atoms with Gasteiger partial charge in [-0.2, -0.15) is 0 Å². The first kappa shape index (κ1) is 20.2. The molecule has 1 aliphatic heterocycles. The number of nitrogens with zero attached hydrogens (tertiary/aromatic N) is 1. The average Bonchev–Trinajstić information content (AvgIpc) is 2.71. The Labute approximate surface area is 165 Å². The minimum absolute atomic E-state index is 0.132. The van der Waals surface area contributed by atoms with Crippen LogP contribution in [0.1, 0.15) is 28.4 Å². The molecule has 1 heterocycles. The molecule has 3 rings (SSSR count). The van der Waals surface area contributed by atoms with E-state index < -0.39 is 10.0 Å². The van der Waals surface area contributed by atoms with Crippen LogP contribution in [0.2, 0.25) is 0 Å². The van der Waals surface area contributed by atoms with Gasteiger partial charge in [-0.1, -0.05) is 6.92 Å². The zero-order chi connectivity index (χ0) is 20.3. The van der Waals surface area contributed by atoms with Crippen LogP contribution in [-0.2, 0) is 23.0 Å². The van der Waals surface area contributed by atoms with Crippen LogP contribution in [0, 0.1) is 0 Å². The molecule has 2 aromatic rings. The largest absolute Gasteiger partial charge is 0.493 e. The van der Waals surface area contributed by atoms with Crippen molar-refractivity contribution in [3.8, 4) is 11.5 Å². The molecule has 28 heavy (non-hydrogen) atoms. The molecule has 0 fully saturated rings. The Morgan fingerprint density at radius 2 is 1.68 bits per heavy atom. The summed E-state index contributed by atoms with van der Waals surface area (Å²) in [5, 5.41) is 0. The van der Waals surface area contributed by atoms with Gasteiger partial charge in [0.1, 0.15) is 0 Å². The van der Waals surface area contributed by atoms with Gasteiger partial charge in [-0.05, 0) is 53.9 Å². The third-order valence-corrected chi connectivity index (χ3v) is 6.31. The molecule has 1 N–H and O–H groups in total. The second-order valence-corrected chi connectivity index (χ2v) is 8.25. The van der Waals surface area contributed by atoms with E-state index in [-0.39, 0.29) is 10.8 Å². The lowest BCUT2D eigenvalue weighted by molar-refractivity contribution is 0.0734. The molecule has 7 nitrogen and oxygen atoms in total. The summed E-state index contributed by atoms with van der Waals surface area (Å²) in [5.74, 6) is 1.18. The number of benzene rings is 2. The number of hydrogen-bond acceptors (Lipinski definition) is 5. The minimum atomic E-state index is -3.53. The van der Waals surface area contributed by atoms with Crippen molar-refractivity contribution in [1.82, 2.24) is 9.62 Å². The van der Waals surface area contributed by atoms with Crippen molar-refractivity contribution >= 4 is 15.9 Å². The number of amides is 1. The van der Waals surface area contributed by atoms with E-state index in [1.54, 1.807) is 38.2 Å². The van der Waals surface area contributed by atoms with Gasteiger partial charge in [0.15, 0.2) is 11.5 Å². The smallest absolute Gasteiger partial charge is 0.254 e. The highest BCUT2D eigenvalue weighted by Crippen LogP contribution is 2.33. The maximum atomic E-state index is 12.9. The zero-order valence-corrected chi connectivity index (χ0v) is 17.0. The van der Waals surface area contributed by atoms with Crippen LogP contribution < -0.4 is 14.2 Å². The minimum Gasteiger partial charge on any atom is -0.493 e. The standard InChI is InChI=1S/C20H24N2O5S/c1-4-21-28(24,25)17-7-5-14(6-8-17)20(23)22-10-9-15-11-18(26-2)19(27-3)12-16(15)13-22/h5-8,11-12,21H,4,9-10,13H2,1-3H3. The van der Waals surface area contributed by atoms with Gasteiger partial charge in [0.25, 0.3) is 5.91 Å². The van der Waals surface area contributed by atoms with Crippen LogP contribution >= 0.6 is 0 Å². The lowest BCUT2D eigenvalue weighted by Gasteiger charge is -2.29. The molecule has 0 saturated carbocycles. The molecule has 0 saturated heterocycles. The van der Waals surface area contributed by atoms with Crippen molar-refractivity contribution in [2.75, 3.05) is 27.3 Å². The Balaban J connectivity index is 1.79. The first-order valence-corrected chi connectivity index (χ1v) is 10.5. The van der Waals surface area contributed by atoms with E-state index in [0.717, 1.165) is 11.1 Å². The molecule has 8 heteroatoms. The number of sulfonamides is 1. The summed E-state index contributed by atoms with van der Waals surface area (Å²) in [6.07, 6.45) is 0.717. The highest BCUT2D eigenvalue weighted by Gasteiger charge is 2.24. The van der Waals surface area contributed by atoms with E-state index >= 15 is 0 Å². The van der Waals surface area contributed by atoms with Gasteiger partial charge < -0.3 is 14.4 Å². The summed E-state index contributed by atoms with van der Waals surface area (Å²) in [6.45, 7) is 3.07. The van der Waals surface area contributed by atoms with Crippen molar-refractivity contribution in [2.24, 2.45) is 0 Å². The van der Waals surface area contributed by atoms with E-state index in [9.17, 15) is 13.2 Å². The number of fused-ring (bicyclic) bond motifs is 1. The number of nitrogens with one attached hydrogen (secondary N) is 1.